The highest BCUT2D eigenvalue weighted by Crippen LogP contribution is 2.29. The molecule has 3 rings (SSSR count). The van der Waals surface area contributed by atoms with Crippen LogP contribution >= 0.6 is 0 Å². The summed E-state index contributed by atoms with van der Waals surface area (Å²) in [6.07, 6.45) is 0.715. The van der Waals surface area contributed by atoms with E-state index in [1.807, 2.05) is 6.92 Å². The third-order valence-electron chi connectivity index (χ3n) is 5.02. The predicted molar refractivity (Wildman–Crippen MR) is 114 cm³/mol. The molecular weight excluding hydrogens is 402 g/mol. The number of hydrogen-bond acceptors (Lipinski definition) is 6. The molecule has 2 aromatic rings. The molecule has 1 aliphatic rings. The van der Waals surface area contributed by atoms with Crippen molar-refractivity contribution in [3.63, 3.8) is 0 Å². The van der Waals surface area contributed by atoms with Crippen molar-refractivity contribution in [2.75, 3.05) is 25.6 Å². The number of benzene rings is 2. The molecule has 1 N–H and O–H groups in total. The highest BCUT2D eigenvalue weighted by atomic mass is 16.6. The van der Waals surface area contributed by atoms with Gasteiger partial charge in [-0.15, -0.1) is 0 Å². The van der Waals surface area contributed by atoms with Gasteiger partial charge in [0.2, 0.25) is 0 Å². The van der Waals surface area contributed by atoms with Gasteiger partial charge in [-0.05, 0) is 43.2 Å². The molecule has 0 radical (unpaired) electrons. The minimum absolute atomic E-state index is 0.0636. The molecule has 2 amide bonds. The molecule has 0 fully saturated rings. The smallest absolute Gasteiger partial charge is 0.269 e. The standard InChI is InChI=1S/C22H25N3O6/c1-3-19-22(27)24(11-4-12-30-2)14-16-13-17(7-10-20(16)31-19)23-21(26)15-5-8-18(9-6-15)25(28)29/h5-10,13,19H,3-4,11-12,14H2,1-2H3,(H,23,26)/t19-/m1/s1. The third-order valence-corrected chi connectivity index (χ3v) is 5.02. The Balaban J connectivity index is 1.78. The number of nitro groups is 1. The molecule has 0 bridgehead atoms. The molecule has 0 unspecified atom stereocenters. The number of nitrogens with zero attached hydrogens (tertiary/aromatic N) is 2. The Kier molecular flexibility index (Phi) is 7.19. The lowest BCUT2D eigenvalue weighted by Gasteiger charge is -2.23. The van der Waals surface area contributed by atoms with Crippen molar-refractivity contribution < 1.29 is 24.0 Å². The van der Waals surface area contributed by atoms with E-state index in [2.05, 4.69) is 5.32 Å². The minimum atomic E-state index is -0.552. The molecule has 0 saturated carbocycles. The summed E-state index contributed by atoms with van der Waals surface area (Å²) >= 11 is 0. The number of nitro benzene ring substituents is 1. The Morgan fingerprint density at radius 3 is 2.68 bits per heavy atom. The normalized spacial score (nSPS) is 15.6. The first kappa shape index (κ1) is 22.2. The summed E-state index contributed by atoms with van der Waals surface area (Å²) in [5.41, 5.74) is 1.56. The molecule has 31 heavy (non-hydrogen) atoms. The molecule has 164 valence electrons. The van der Waals surface area contributed by atoms with E-state index in [4.69, 9.17) is 9.47 Å². The fourth-order valence-electron chi connectivity index (χ4n) is 3.37. The number of hydrogen-bond donors (Lipinski definition) is 1. The van der Waals surface area contributed by atoms with Crippen molar-refractivity contribution in [3.05, 3.63) is 63.7 Å². The van der Waals surface area contributed by atoms with Gasteiger partial charge >= 0.3 is 0 Å². The molecular formula is C22H25N3O6. The maximum Gasteiger partial charge on any atom is 0.269 e. The predicted octanol–water partition coefficient (Wildman–Crippen LogP) is 3.38. The number of non-ortho nitro benzene ring substituents is 1. The number of ether oxygens (including phenoxy) is 2. The van der Waals surface area contributed by atoms with Gasteiger partial charge in [0.25, 0.3) is 17.5 Å². The van der Waals surface area contributed by atoms with Crippen LogP contribution in [-0.2, 0) is 16.1 Å². The first-order valence-corrected chi connectivity index (χ1v) is 10.1. The molecule has 9 nitrogen and oxygen atoms in total. The number of methoxy groups -OCH3 is 1. The first-order valence-electron chi connectivity index (χ1n) is 10.1. The Bertz CT molecular complexity index is 960. The van der Waals surface area contributed by atoms with Crippen LogP contribution in [0.4, 0.5) is 11.4 Å². The number of carbonyl (C=O) groups excluding carboxylic acids is 2. The van der Waals surface area contributed by atoms with Crippen molar-refractivity contribution in [3.8, 4) is 5.75 Å². The third kappa shape index (κ3) is 5.37. The van der Waals surface area contributed by atoms with Crippen LogP contribution in [0.5, 0.6) is 5.75 Å². The van der Waals surface area contributed by atoms with Crippen molar-refractivity contribution in [1.82, 2.24) is 4.90 Å². The fourth-order valence-corrected chi connectivity index (χ4v) is 3.37. The molecule has 1 aliphatic heterocycles. The van der Waals surface area contributed by atoms with Gasteiger partial charge < -0.3 is 19.7 Å². The number of anilines is 1. The zero-order valence-corrected chi connectivity index (χ0v) is 17.5. The molecule has 0 saturated heterocycles. The second kappa shape index (κ2) is 10.0. The zero-order chi connectivity index (χ0) is 22.4. The fraction of sp³-hybridized carbons (Fsp3) is 0.364. The summed E-state index contributed by atoms with van der Waals surface area (Å²) in [6, 6.07) is 10.6. The molecule has 0 aromatic heterocycles. The SMILES string of the molecule is CC[C@H]1Oc2ccc(NC(=O)c3ccc([N+](=O)[O-])cc3)cc2CN(CCCOC)C1=O. The number of carbonyl (C=O) groups is 2. The Morgan fingerprint density at radius 2 is 2.03 bits per heavy atom. The molecule has 2 aromatic carbocycles. The van der Waals surface area contributed by atoms with Gasteiger partial charge in [-0.1, -0.05) is 6.92 Å². The van der Waals surface area contributed by atoms with E-state index in [0.717, 1.165) is 5.56 Å². The summed E-state index contributed by atoms with van der Waals surface area (Å²) in [5, 5.41) is 13.6. The molecule has 9 heteroatoms. The van der Waals surface area contributed by atoms with E-state index >= 15 is 0 Å². The van der Waals surface area contributed by atoms with Crippen LogP contribution < -0.4 is 10.1 Å². The molecule has 0 aliphatic carbocycles. The van der Waals surface area contributed by atoms with Gasteiger partial charge in [0, 0.05) is 55.8 Å². The van der Waals surface area contributed by atoms with Crippen molar-refractivity contribution >= 4 is 23.2 Å². The van der Waals surface area contributed by atoms with E-state index in [9.17, 15) is 19.7 Å². The van der Waals surface area contributed by atoms with Gasteiger partial charge in [-0.25, -0.2) is 0 Å². The second-order valence-corrected chi connectivity index (χ2v) is 7.20. The average Bonchev–Trinajstić information content (AvgIpc) is 2.90. The van der Waals surface area contributed by atoms with Crippen LogP contribution in [0, 0.1) is 10.1 Å². The molecule has 0 spiro atoms. The largest absolute Gasteiger partial charge is 0.480 e. The van der Waals surface area contributed by atoms with E-state index in [-0.39, 0.29) is 17.5 Å². The van der Waals surface area contributed by atoms with E-state index in [0.29, 0.717) is 49.5 Å². The van der Waals surface area contributed by atoms with Gasteiger partial charge in [0.15, 0.2) is 6.10 Å². The topological polar surface area (TPSA) is 111 Å². The lowest BCUT2D eigenvalue weighted by atomic mass is 10.1. The van der Waals surface area contributed by atoms with Crippen LogP contribution in [0.25, 0.3) is 0 Å². The van der Waals surface area contributed by atoms with E-state index in [1.54, 1.807) is 30.2 Å². The lowest BCUT2D eigenvalue weighted by molar-refractivity contribution is -0.384. The minimum Gasteiger partial charge on any atom is -0.480 e. The summed E-state index contributed by atoms with van der Waals surface area (Å²) in [4.78, 5) is 37.3. The van der Waals surface area contributed by atoms with Crippen LogP contribution in [0.15, 0.2) is 42.5 Å². The summed E-state index contributed by atoms with van der Waals surface area (Å²) in [5.74, 6) is 0.165. The zero-order valence-electron chi connectivity index (χ0n) is 17.5. The van der Waals surface area contributed by atoms with Crippen molar-refractivity contribution in [2.45, 2.75) is 32.4 Å². The van der Waals surface area contributed by atoms with Crippen LogP contribution in [-0.4, -0.2) is 48.0 Å². The Hall–Kier alpha value is -3.46. The van der Waals surface area contributed by atoms with Gasteiger partial charge in [0.05, 0.1) is 4.92 Å². The van der Waals surface area contributed by atoms with Crippen LogP contribution in [0.3, 0.4) is 0 Å². The molecule has 1 atom stereocenters. The highest BCUT2D eigenvalue weighted by Gasteiger charge is 2.29. The Morgan fingerprint density at radius 1 is 1.29 bits per heavy atom. The highest BCUT2D eigenvalue weighted by molar-refractivity contribution is 6.04. The maximum atomic E-state index is 12.8. The van der Waals surface area contributed by atoms with Gasteiger partial charge in [-0.2, -0.15) is 0 Å². The summed E-state index contributed by atoms with van der Waals surface area (Å²) in [7, 11) is 1.62. The number of rotatable bonds is 8. The van der Waals surface area contributed by atoms with Gasteiger partial charge in [-0.3, -0.25) is 19.7 Å². The quantitative estimate of drug-likeness (QED) is 0.393. The summed E-state index contributed by atoms with van der Waals surface area (Å²) in [6.45, 7) is 3.38. The van der Waals surface area contributed by atoms with Gasteiger partial charge in [0.1, 0.15) is 5.75 Å². The van der Waals surface area contributed by atoms with Crippen LogP contribution in [0.2, 0.25) is 0 Å². The monoisotopic (exact) mass is 427 g/mol. The maximum absolute atomic E-state index is 12.8. The number of fused-ring (bicyclic) bond motifs is 1. The first-order chi connectivity index (χ1) is 14.9. The number of amides is 2. The van der Waals surface area contributed by atoms with Crippen molar-refractivity contribution in [1.29, 1.82) is 0 Å². The average molecular weight is 427 g/mol. The summed E-state index contributed by atoms with van der Waals surface area (Å²) < 4.78 is 11.0. The number of nitrogens with one attached hydrogen (secondary N) is 1. The van der Waals surface area contributed by atoms with E-state index < -0.39 is 11.0 Å². The molecule has 1 heterocycles. The van der Waals surface area contributed by atoms with E-state index in [1.165, 1.54) is 24.3 Å². The van der Waals surface area contributed by atoms with Crippen LogP contribution in [0.1, 0.15) is 35.7 Å². The lowest BCUT2D eigenvalue weighted by Crippen LogP contribution is -2.40. The van der Waals surface area contributed by atoms with Crippen molar-refractivity contribution in [2.24, 2.45) is 0 Å². The Labute approximate surface area is 180 Å². The second-order valence-electron chi connectivity index (χ2n) is 7.20.